The quantitative estimate of drug-likeness (QED) is 0.520. The molecule has 0 saturated carbocycles. The van der Waals surface area contributed by atoms with Gasteiger partial charge in [0.05, 0.1) is 12.1 Å². The molecule has 6 heteroatoms. The van der Waals surface area contributed by atoms with Crippen molar-refractivity contribution in [2.45, 2.75) is 6.42 Å². The third-order valence-electron chi connectivity index (χ3n) is 1.17. The molecule has 0 atom stereocenters. The first-order valence-electron chi connectivity index (χ1n) is 2.82. The van der Waals surface area contributed by atoms with Crippen LogP contribution in [0.1, 0.15) is 5.69 Å². The topological polar surface area (TPSA) is 92.1 Å². The van der Waals surface area contributed by atoms with Gasteiger partial charge in [0.1, 0.15) is 0 Å². The van der Waals surface area contributed by atoms with Crippen LogP contribution in [-0.4, -0.2) is 15.8 Å². The van der Waals surface area contributed by atoms with E-state index in [1.54, 1.807) is 5.38 Å². The average molecular weight is 173 g/mol. The molecular weight excluding hydrogens is 166 g/mol. The molecule has 0 spiro atoms. The molecule has 0 unspecified atom stereocenters. The van der Waals surface area contributed by atoms with E-state index in [1.807, 2.05) is 0 Å². The van der Waals surface area contributed by atoms with Crippen LogP contribution >= 0.6 is 11.3 Å². The fourth-order valence-electron chi connectivity index (χ4n) is 0.650. The van der Waals surface area contributed by atoms with E-state index < -0.39 is 5.97 Å². The van der Waals surface area contributed by atoms with Crippen molar-refractivity contribution >= 4 is 17.3 Å². The van der Waals surface area contributed by atoms with Crippen LogP contribution in [0.3, 0.4) is 0 Å². The maximum atomic E-state index is 10.2. The SMILES string of the molecule is N=c1scc(CC(=O)O)n1N. The summed E-state index contributed by atoms with van der Waals surface area (Å²) in [5.74, 6) is 4.38. The second-order valence-electron chi connectivity index (χ2n) is 1.97. The molecule has 0 bridgehead atoms. The van der Waals surface area contributed by atoms with Crippen LogP contribution in [0, 0.1) is 5.41 Å². The smallest absolute Gasteiger partial charge is 0.309 e. The van der Waals surface area contributed by atoms with Gasteiger partial charge in [-0.15, -0.1) is 11.3 Å². The summed E-state index contributed by atoms with van der Waals surface area (Å²) in [5.41, 5.74) is 0.451. The number of carboxylic acids is 1. The molecule has 0 radical (unpaired) electrons. The third-order valence-corrected chi connectivity index (χ3v) is 1.98. The maximum Gasteiger partial charge on any atom is 0.309 e. The summed E-state index contributed by atoms with van der Waals surface area (Å²) in [6.45, 7) is 0. The highest BCUT2D eigenvalue weighted by Gasteiger charge is 2.05. The van der Waals surface area contributed by atoms with Crippen LogP contribution < -0.4 is 10.6 Å². The van der Waals surface area contributed by atoms with Crippen molar-refractivity contribution in [3.8, 4) is 0 Å². The highest BCUT2D eigenvalue weighted by molar-refractivity contribution is 7.07. The summed E-state index contributed by atoms with van der Waals surface area (Å²) in [6, 6.07) is 0. The van der Waals surface area contributed by atoms with Crippen LogP contribution in [0.25, 0.3) is 0 Å². The maximum absolute atomic E-state index is 10.2. The van der Waals surface area contributed by atoms with E-state index in [9.17, 15) is 4.79 Å². The lowest BCUT2D eigenvalue weighted by Gasteiger charge is -1.96. The number of carbonyl (C=O) groups is 1. The zero-order chi connectivity index (χ0) is 8.43. The van der Waals surface area contributed by atoms with Gasteiger partial charge in [0.15, 0.2) is 0 Å². The van der Waals surface area contributed by atoms with Crippen molar-refractivity contribution in [2.75, 3.05) is 5.84 Å². The number of nitrogens with zero attached hydrogens (tertiary/aromatic N) is 1. The Balaban J connectivity index is 2.96. The predicted octanol–water partition coefficient (Wildman–Crippen LogP) is -0.630. The van der Waals surface area contributed by atoms with E-state index in [-0.39, 0.29) is 11.2 Å². The van der Waals surface area contributed by atoms with E-state index in [0.29, 0.717) is 5.69 Å². The number of aromatic nitrogens is 1. The van der Waals surface area contributed by atoms with Crippen LogP contribution in [0.15, 0.2) is 5.38 Å². The molecule has 60 valence electrons. The number of hydrogen-bond donors (Lipinski definition) is 3. The monoisotopic (exact) mass is 173 g/mol. The van der Waals surface area contributed by atoms with Crippen LogP contribution in [0.2, 0.25) is 0 Å². The lowest BCUT2D eigenvalue weighted by atomic mass is 10.3. The summed E-state index contributed by atoms with van der Waals surface area (Å²) in [5, 5.41) is 17.1. The lowest BCUT2D eigenvalue weighted by Crippen LogP contribution is -2.25. The molecule has 0 aliphatic carbocycles. The fraction of sp³-hybridized carbons (Fsp3) is 0.200. The molecule has 0 saturated heterocycles. The zero-order valence-corrected chi connectivity index (χ0v) is 6.39. The van der Waals surface area contributed by atoms with Crippen LogP contribution in [-0.2, 0) is 11.2 Å². The summed E-state index contributed by atoms with van der Waals surface area (Å²) < 4.78 is 1.07. The Morgan fingerprint density at radius 2 is 2.55 bits per heavy atom. The Morgan fingerprint density at radius 1 is 1.91 bits per heavy atom. The lowest BCUT2D eigenvalue weighted by molar-refractivity contribution is -0.136. The van der Waals surface area contributed by atoms with Gasteiger partial charge in [0.2, 0.25) is 4.80 Å². The van der Waals surface area contributed by atoms with Gasteiger partial charge >= 0.3 is 5.97 Å². The van der Waals surface area contributed by atoms with Crippen molar-refractivity contribution in [1.29, 1.82) is 5.41 Å². The highest BCUT2D eigenvalue weighted by atomic mass is 32.1. The third kappa shape index (κ3) is 1.58. The van der Waals surface area contributed by atoms with Crippen molar-refractivity contribution in [1.82, 2.24) is 4.68 Å². The molecule has 0 amide bonds. The van der Waals surface area contributed by atoms with Gasteiger partial charge in [0.25, 0.3) is 0 Å². The number of rotatable bonds is 2. The summed E-state index contributed by atoms with van der Waals surface area (Å²) in [6.07, 6.45) is -0.133. The number of carboxylic acid groups (broad SMARTS) is 1. The van der Waals surface area contributed by atoms with Gasteiger partial charge in [0, 0.05) is 5.38 Å². The molecule has 0 aliphatic heterocycles. The number of nitrogens with two attached hydrogens (primary N) is 1. The van der Waals surface area contributed by atoms with Gasteiger partial charge in [-0.2, -0.15) is 0 Å². The molecule has 0 aromatic carbocycles. The number of nitrogen functional groups attached to an aromatic ring is 1. The normalized spacial score (nSPS) is 9.82. The van der Waals surface area contributed by atoms with E-state index in [1.165, 1.54) is 0 Å². The Kier molecular flexibility index (Phi) is 1.95. The summed E-state index contributed by atoms with van der Waals surface area (Å²) >= 11 is 1.11. The van der Waals surface area contributed by atoms with E-state index in [0.717, 1.165) is 16.0 Å². The number of hydrogen-bond acceptors (Lipinski definition) is 4. The number of thiazole rings is 1. The van der Waals surface area contributed by atoms with E-state index in [4.69, 9.17) is 16.4 Å². The number of aliphatic carboxylic acids is 1. The molecule has 1 heterocycles. The molecule has 11 heavy (non-hydrogen) atoms. The Morgan fingerprint density at radius 3 is 2.91 bits per heavy atom. The Labute approximate surface area is 66.2 Å². The summed E-state index contributed by atoms with van der Waals surface area (Å²) in [4.78, 5) is 10.4. The van der Waals surface area contributed by atoms with Gasteiger partial charge in [-0.25, -0.2) is 4.68 Å². The first kappa shape index (κ1) is 7.80. The van der Waals surface area contributed by atoms with Crippen molar-refractivity contribution in [2.24, 2.45) is 0 Å². The van der Waals surface area contributed by atoms with Crippen molar-refractivity contribution in [3.63, 3.8) is 0 Å². The van der Waals surface area contributed by atoms with Crippen LogP contribution in [0.4, 0.5) is 0 Å². The highest BCUT2D eigenvalue weighted by Crippen LogP contribution is 1.98. The van der Waals surface area contributed by atoms with Gasteiger partial charge < -0.3 is 10.9 Å². The van der Waals surface area contributed by atoms with Gasteiger partial charge in [-0.1, -0.05) is 0 Å². The Hall–Kier alpha value is -1.30. The first-order chi connectivity index (χ1) is 5.11. The van der Waals surface area contributed by atoms with Crippen molar-refractivity contribution in [3.05, 3.63) is 15.9 Å². The minimum Gasteiger partial charge on any atom is -0.481 e. The molecule has 1 aromatic rings. The molecule has 5 nitrogen and oxygen atoms in total. The molecule has 0 fully saturated rings. The average Bonchev–Trinajstić information content (AvgIpc) is 2.18. The van der Waals surface area contributed by atoms with Gasteiger partial charge in [-0.3, -0.25) is 10.2 Å². The Bertz CT molecular complexity index is 327. The van der Waals surface area contributed by atoms with Crippen molar-refractivity contribution < 1.29 is 9.90 Å². The molecule has 1 aromatic heterocycles. The fourth-order valence-corrected chi connectivity index (χ4v) is 1.32. The standard InChI is InChI=1S/C5H7N3O2S/c6-5-8(7)3(2-11-5)1-4(9)10/h2,6H,1,7H2,(H,9,10). The second-order valence-corrected chi connectivity index (χ2v) is 2.83. The molecule has 1 rings (SSSR count). The minimum absolute atomic E-state index is 0.133. The van der Waals surface area contributed by atoms with E-state index in [2.05, 4.69) is 0 Å². The molecule has 0 aliphatic rings. The van der Waals surface area contributed by atoms with Gasteiger partial charge in [-0.05, 0) is 0 Å². The first-order valence-corrected chi connectivity index (χ1v) is 3.70. The van der Waals surface area contributed by atoms with Crippen LogP contribution in [0.5, 0.6) is 0 Å². The molecular formula is C5H7N3O2S. The second kappa shape index (κ2) is 2.75. The predicted molar refractivity (Wildman–Crippen MR) is 39.7 cm³/mol. The molecule has 4 N–H and O–H groups in total. The zero-order valence-electron chi connectivity index (χ0n) is 5.57. The van der Waals surface area contributed by atoms with E-state index >= 15 is 0 Å². The minimum atomic E-state index is -0.943. The summed E-state index contributed by atoms with van der Waals surface area (Å²) in [7, 11) is 0. The number of nitrogens with one attached hydrogen (secondary N) is 1. The largest absolute Gasteiger partial charge is 0.481 e.